The van der Waals surface area contributed by atoms with Crippen LogP contribution in [-0.2, 0) is 16.0 Å². The van der Waals surface area contributed by atoms with Crippen LogP contribution in [0.5, 0.6) is 0 Å². The normalized spacial score (nSPS) is 16.3. The average Bonchev–Trinajstić information content (AvgIpc) is 3.39. The lowest BCUT2D eigenvalue weighted by molar-refractivity contribution is -0.119. The third-order valence-corrected chi connectivity index (χ3v) is 6.38. The number of carbonyl (C=O) groups excluding carboxylic acids is 1. The minimum Gasteiger partial charge on any atom is -0.376 e. The molecule has 7 nitrogen and oxygen atoms in total. The number of amides is 1. The fourth-order valence-electron chi connectivity index (χ4n) is 3.72. The Kier molecular flexibility index (Phi) is 6.34. The van der Waals surface area contributed by atoms with Crippen LogP contribution in [0.2, 0.25) is 0 Å². The molecule has 1 atom stereocenters. The molecule has 0 aliphatic carbocycles. The van der Waals surface area contributed by atoms with Gasteiger partial charge in [-0.15, -0.1) is 5.10 Å². The summed E-state index contributed by atoms with van der Waals surface area (Å²) in [7, 11) is 0. The first-order valence-electron chi connectivity index (χ1n) is 10.3. The Morgan fingerprint density at radius 2 is 2.10 bits per heavy atom. The maximum absolute atomic E-state index is 12.1. The highest BCUT2D eigenvalue weighted by molar-refractivity contribution is 7.99. The first-order valence-corrected chi connectivity index (χ1v) is 11.3. The van der Waals surface area contributed by atoms with Gasteiger partial charge in [0.2, 0.25) is 11.1 Å². The highest BCUT2D eigenvalue weighted by Gasteiger charge is 2.18. The molecule has 0 bridgehead atoms. The molecule has 1 amide bonds. The molecule has 1 unspecified atom stereocenters. The van der Waals surface area contributed by atoms with Gasteiger partial charge in [-0.1, -0.05) is 36.0 Å². The second-order valence-corrected chi connectivity index (χ2v) is 8.64. The summed E-state index contributed by atoms with van der Waals surface area (Å²) in [5.74, 6) is 0.814. The van der Waals surface area contributed by atoms with Crippen LogP contribution in [-0.4, -0.2) is 50.5 Å². The molecule has 3 heterocycles. The highest BCUT2D eigenvalue weighted by Crippen LogP contribution is 2.22. The van der Waals surface area contributed by atoms with E-state index in [9.17, 15) is 4.79 Å². The van der Waals surface area contributed by atoms with Crippen LogP contribution in [0.4, 0.5) is 0 Å². The van der Waals surface area contributed by atoms with Crippen molar-refractivity contribution in [2.24, 2.45) is 0 Å². The Morgan fingerprint density at radius 3 is 2.87 bits per heavy atom. The summed E-state index contributed by atoms with van der Waals surface area (Å²) in [4.78, 5) is 21.3. The van der Waals surface area contributed by atoms with Crippen molar-refractivity contribution in [3.05, 3.63) is 52.3 Å². The largest absolute Gasteiger partial charge is 0.376 e. The summed E-state index contributed by atoms with van der Waals surface area (Å²) < 4.78 is 7.32. The van der Waals surface area contributed by atoms with E-state index in [1.807, 2.05) is 13.8 Å². The maximum Gasteiger partial charge on any atom is 0.253 e. The number of nitrogens with one attached hydrogen (secondary N) is 1. The summed E-state index contributed by atoms with van der Waals surface area (Å²) >= 11 is 1.33. The van der Waals surface area contributed by atoms with Crippen LogP contribution >= 0.6 is 11.8 Å². The van der Waals surface area contributed by atoms with Gasteiger partial charge in [0.25, 0.3) is 5.78 Å². The van der Waals surface area contributed by atoms with Gasteiger partial charge in [-0.3, -0.25) is 4.79 Å². The first-order chi connectivity index (χ1) is 14.5. The number of thioether (sulfide) groups is 1. The molecule has 30 heavy (non-hydrogen) atoms. The van der Waals surface area contributed by atoms with E-state index in [1.54, 1.807) is 4.52 Å². The summed E-state index contributed by atoms with van der Waals surface area (Å²) in [5, 5.41) is 8.08. The minimum atomic E-state index is -0.0320. The van der Waals surface area contributed by atoms with Gasteiger partial charge in [-0.2, -0.15) is 4.98 Å². The van der Waals surface area contributed by atoms with E-state index in [0.717, 1.165) is 42.8 Å². The smallest absolute Gasteiger partial charge is 0.253 e. The monoisotopic (exact) mass is 425 g/mol. The number of hydrogen-bond acceptors (Lipinski definition) is 6. The Balaban J connectivity index is 1.45. The summed E-state index contributed by atoms with van der Waals surface area (Å²) in [6, 6.07) is 8.39. The number of carbonyl (C=O) groups is 1. The minimum absolute atomic E-state index is 0.0320. The van der Waals surface area contributed by atoms with Gasteiger partial charge in [0.05, 0.1) is 11.9 Å². The molecule has 0 spiro atoms. The third-order valence-electron chi connectivity index (χ3n) is 5.54. The number of rotatable bonds is 7. The van der Waals surface area contributed by atoms with E-state index in [1.165, 1.54) is 22.9 Å². The van der Waals surface area contributed by atoms with Crippen LogP contribution in [0.1, 0.15) is 40.9 Å². The zero-order valence-electron chi connectivity index (χ0n) is 17.6. The van der Waals surface area contributed by atoms with Crippen LogP contribution < -0.4 is 5.32 Å². The fourth-order valence-corrected chi connectivity index (χ4v) is 4.37. The van der Waals surface area contributed by atoms with E-state index in [2.05, 4.69) is 51.6 Å². The van der Waals surface area contributed by atoms with Crippen molar-refractivity contribution in [3.63, 3.8) is 0 Å². The van der Waals surface area contributed by atoms with Gasteiger partial charge in [0.15, 0.2) is 0 Å². The van der Waals surface area contributed by atoms with Crippen molar-refractivity contribution in [3.8, 4) is 0 Å². The highest BCUT2D eigenvalue weighted by atomic mass is 32.2. The lowest BCUT2D eigenvalue weighted by Gasteiger charge is -2.12. The second-order valence-electron chi connectivity index (χ2n) is 7.70. The molecule has 4 rings (SSSR count). The van der Waals surface area contributed by atoms with Crippen molar-refractivity contribution in [1.29, 1.82) is 0 Å². The second kappa shape index (κ2) is 9.14. The molecule has 1 aliphatic heterocycles. The van der Waals surface area contributed by atoms with Crippen molar-refractivity contribution in [2.75, 3.05) is 18.9 Å². The fraction of sp³-hybridized carbons (Fsp3) is 0.455. The lowest BCUT2D eigenvalue weighted by Crippen LogP contribution is -2.32. The third kappa shape index (κ3) is 4.65. The molecule has 3 aromatic rings. The van der Waals surface area contributed by atoms with Crippen molar-refractivity contribution in [2.45, 2.75) is 51.3 Å². The molecule has 158 valence electrons. The number of aromatic nitrogens is 4. The van der Waals surface area contributed by atoms with Gasteiger partial charge in [0.1, 0.15) is 0 Å². The van der Waals surface area contributed by atoms with E-state index >= 15 is 0 Å². The van der Waals surface area contributed by atoms with E-state index in [4.69, 9.17) is 4.74 Å². The number of aryl methyl sites for hydroxylation is 3. The predicted molar refractivity (Wildman–Crippen MR) is 117 cm³/mol. The van der Waals surface area contributed by atoms with Crippen LogP contribution in [0.15, 0.2) is 29.4 Å². The molecule has 1 saturated heterocycles. The molecule has 1 aromatic carbocycles. The number of ether oxygens (including phenoxy) is 1. The Hall–Kier alpha value is -2.45. The van der Waals surface area contributed by atoms with Gasteiger partial charge in [-0.25, -0.2) is 9.50 Å². The topological polar surface area (TPSA) is 81.4 Å². The molecule has 8 heteroatoms. The Morgan fingerprint density at radius 1 is 1.27 bits per heavy atom. The van der Waals surface area contributed by atoms with Gasteiger partial charge < -0.3 is 10.1 Å². The maximum atomic E-state index is 12.1. The first kappa shape index (κ1) is 20.8. The Bertz CT molecular complexity index is 1060. The zero-order valence-corrected chi connectivity index (χ0v) is 18.5. The molecule has 1 fully saturated rings. The SMILES string of the molecule is Cc1ccccc1Cc1c(C)nc2nc(SCC(=O)NCC3CCCO3)nn2c1C. The molecule has 0 saturated carbocycles. The van der Waals surface area contributed by atoms with E-state index in [0.29, 0.717) is 17.5 Å². The van der Waals surface area contributed by atoms with Crippen LogP contribution in [0.3, 0.4) is 0 Å². The number of hydrogen-bond donors (Lipinski definition) is 1. The molecule has 1 aliphatic rings. The van der Waals surface area contributed by atoms with Gasteiger partial charge >= 0.3 is 0 Å². The van der Waals surface area contributed by atoms with Gasteiger partial charge in [-0.05, 0) is 50.3 Å². The van der Waals surface area contributed by atoms with E-state index < -0.39 is 0 Å². The molecular weight excluding hydrogens is 398 g/mol. The standard InChI is InChI=1S/C22H27N5O2S/c1-14-7-4-5-8-17(14)11-19-15(2)24-21-25-22(26-27(21)16(19)3)30-13-20(28)23-12-18-9-6-10-29-18/h4-5,7-8,18H,6,9-13H2,1-3H3,(H,23,28). The number of nitrogens with zero attached hydrogens (tertiary/aromatic N) is 4. The predicted octanol–water partition coefficient (Wildman–Crippen LogP) is 3.03. The summed E-state index contributed by atoms with van der Waals surface area (Å²) in [6.45, 7) is 7.55. The molecular formula is C22H27N5O2S. The van der Waals surface area contributed by atoms with E-state index in [-0.39, 0.29) is 17.8 Å². The zero-order chi connectivity index (χ0) is 21.1. The molecule has 2 aromatic heterocycles. The molecule has 0 radical (unpaired) electrons. The van der Waals surface area contributed by atoms with Crippen molar-refractivity contribution < 1.29 is 9.53 Å². The summed E-state index contributed by atoms with van der Waals surface area (Å²) in [6.07, 6.45) is 3.03. The lowest BCUT2D eigenvalue weighted by atomic mass is 9.99. The van der Waals surface area contributed by atoms with Gasteiger partial charge in [0, 0.05) is 31.0 Å². The average molecular weight is 426 g/mol. The number of benzene rings is 1. The quantitative estimate of drug-likeness (QED) is 0.586. The Labute approximate surface area is 180 Å². The number of fused-ring (bicyclic) bond motifs is 1. The van der Waals surface area contributed by atoms with Crippen molar-refractivity contribution in [1.82, 2.24) is 24.9 Å². The summed E-state index contributed by atoms with van der Waals surface area (Å²) in [5.41, 5.74) is 5.69. The van der Waals surface area contributed by atoms with Crippen LogP contribution in [0, 0.1) is 20.8 Å². The van der Waals surface area contributed by atoms with Crippen molar-refractivity contribution >= 4 is 23.4 Å². The molecule has 1 N–H and O–H groups in total. The van der Waals surface area contributed by atoms with Crippen LogP contribution in [0.25, 0.3) is 5.78 Å².